The average Bonchev–Trinajstić information content (AvgIpc) is 2.37. The van der Waals surface area contributed by atoms with E-state index in [1.165, 1.54) is 18.2 Å². The Hall–Kier alpha value is -2.06. The van der Waals surface area contributed by atoms with Crippen LogP contribution in [0.15, 0.2) is 54.6 Å². The number of aromatic hydroxyl groups is 1. The molecule has 0 spiro atoms. The van der Waals surface area contributed by atoms with Gasteiger partial charge in [-0.3, -0.25) is 4.79 Å². The molecule has 2 aromatic carbocycles. The lowest BCUT2D eigenvalue weighted by Crippen LogP contribution is -1.94. The van der Waals surface area contributed by atoms with E-state index in [2.05, 4.69) is 0 Å². The largest absolute Gasteiger partial charge is 0.507 e. The summed E-state index contributed by atoms with van der Waals surface area (Å²) in [5, 5.41) is 10.0. The van der Waals surface area contributed by atoms with Crippen LogP contribution in [0.2, 0.25) is 5.02 Å². The molecule has 1 N–H and O–H groups in total. The predicted octanol–water partition coefficient (Wildman–Crippen LogP) is 3.94. The van der Waals surface area contributed by atoms with Crippen molar-refractivity contribution in [3.63, 3.8) is 0 Å². The molecule has 0 unspecified atom stereocenters. The highest BCUT2D eigenvalue weighted by Crippen LogP contribution is 2.22. The third kappa shape index (κ3) is 2.99. The van der Waals surface area contributed by atoms with Gasteiger partial charge < -0.3 is 5.11 Å². The van der Waals surface area contributed by atoms with Crippen molar-refractivity contribution < 1.29 is 9.90 Å². The summed E-state index contributed by atoms with van der Waals surface area (Å²) in [6.07, 6.45) is 3.13. The van der Waals surface area contributed by atoms with E-state index < -0.39 is 0 Å². The number of ketones is 1. The normalized spacial score (nSPS) is 10.7. The number of carbonyl (C=O) groups excluding carboxylic acids is 1. The molecule has 18 heavy (non-hydrogen) atoms. The molecule has 0 aliphatic rings. The van der Waals surface area contributed by atoms with E-state index in [1.54, 1.807) is 12.1 Å². The molecule has 0 amide bonds. The molecule has 90 valence electrons. The second-order valence-electron chi connectivity index (χ2n) is 3.77. The van der Waals surface area contributed by atoms with Crippen molar-refractivity contribution in [2.75, 3.05) is 0 Å². The van der Waals surface area contributed by atoms with Crippen molar-refractivity contribution in [1.29, 1.82) is 0 Å². The summed E-state index contributed by atoms with van der Waals surface area (Å²) >= 11 is 5.71. The van der Waals surface area contributed by atoms with Crippen LogP contribution < -0.4 is 0 Å². The van der Waals surface area contributed by atoms with Crippen molar-refractivity contribution in [2.24, 2.45) is 0 Å². The van der Waals surface area contributed by atoms with Crippen LogP contribution in [-0.4, -0.2) is 10.9 Å². The van der Waals surface area contributed by atoms with E-state index in [9.17, 15) is 9.90 Å². The Morgan fingerprint density at radius 3 is 2.50 bits per heavy atom. The number of halogens is 1. The van der Waals surface area contributed by atoms with Gasteiger partial charge in [0.25, 0.3) is 0 Å². The number of rotatable bonds is 3. The fourth-order valence-corrected chi connectivity index (χ4v) is 1.71. The van der Waals surface area contributed by atoms with Gasteiger partial charge in [0, 0.05) is 5.02 Å². The first kappa shape index (κ1) is 12.4. The number of carbonyl (C=O) groups is 1. The highest BCUT2D eigenvalue weighted by molar-refractivity contribution is 6.31. The molecular weight excluding hydrogens is 248 g/mol. The summed E-state index contributed by atoms with van der Waals surface area (Å²) in [5.74, 6) is -0.363. The molecule has 0 heterocycles. The molecule has 2 aromatic rings. The maximum atomic E-state index is 11.9. The van der Waals surface area contributed by atoms with Crippen molar-refractivity contribution in [1.82, 2.24) is 0 Å². The Labute approximate surface area is 110 Å². The van der Waals surface area contributed by atoms with Crippen LogP contribution in [0.1, 0.15) is 15.9 Å². The Morgan fingerprint density at radius 2 is 1.83 bits per heavy atom. The fraction of sp³-hybridized carbons (Fsp3) is 0. The summed E-state index contributed by atoms with van der Waals surface area (Å²) < 4.78 is 0. The first-order valence-corrected chi connectivity index (χ1v) is 5.80. The SMILES string of the molecule is O=C(/C=C/c1ccccc1)c1ccc(Cl)cc1O. The molecule has 0 fully saturated rings. The highest BCUT2D eigenvalue weighted by Gasteiger charge is 2.08. The smallest absolute Gasteiger partial charge is 0.189 e. The Morgan fingerprint density at radius 1 is 1.11 bits per heavy atom. The molecule has 0 bridgehead atoms. The maximum absolute atomic E-state index is 11.9. The maximum Gasteiger partial charge on any atom is 0.189 e. The van der Waals surface area contributed by atoms with Gasteiger partial charge in [0.1, 0.15) is 5.75 Å². The molecule has 2 nitrogen and oxygen atoms in total. The highest BCUT2D eigenvalue weighted by atomic mass is 35.5. The molecular formula is C15H11ClO2. The van der Waals surface area contributed by atoms with E-state index in [0.717, 1.165) is 5.56 Å². The number of hydrogen-bond acceptors (Lipinski definition) is 2. The minimum absolute atomic E-state index is 0.106. The summed E-state index contributed by atoms with van der Waals surface area (Å²) in [6.45, 7) is 0. The molecule has 0 saturated heterocycles. The first-order chi connectivity index (χ1) is 8.66. The number of phenolic OH excluding ortho intramolecular Hbond substituents is 1. The molecule has 0 aliphatic carbocycles. The van der Waals surface area contributed by atoms with E-state index in [-0.39, 0.29) is 17.1 Å². The predicted molar refractivity (Wildman–Crippen MR) is 72.9 cm³/mol. The molecule has 2 rings (SSSR count). The second-order valence-corrected chi connectivity index (χ2v) is 4.21. The van der Waals surface area contributed by atoms with Gasteiger partial charge in [-0.1, -0.05) is 48.0 Å². The zero-order valence-corrected chi connectivity index (χ0v) is 10.3. The van der Waals surface area contributed by atoms with Crippen LogP contribution in [0.5, 0.6) is 5.75 Å². The van der Waals surface area contributed by atoms with Gasteiger partial charge in [0.05, 0.1) is 5.56 Å². The van der Waals surface area contributed by atoms with Crippen molar-refractivity contribution in [3.05, 3.63) is 70.8 Å². The standard InChI is InChI=1S/C15H11ClO2/c16-12-7-8-13(15(18)10-12)14(17)9-6-11-4-2-1-3-5-11/h1-10,18H/b9-6+. The molecule has 0 radical (unpaired) electrons. The van der Waals surface area contributed by atoms with Gasteiger partial charge in [-0.2, -0.15) is 0 Å². The van der Waals surface area contributed by atoms with Crippen molar-refractivity contribution in [3.8, 4) is 5.75 Å². The van der Waals surface area contributed by atoms with Crippen LogP contribution in [0.4, 0.5) is 0 Å². The minimum atomic E-state index is -0.256. The number of benzene rings is 2. The number of allylic oxidation sites excluding steroid dienone is 1. The number of phenols is 1. The lowest BCUT2D eigenvalue weighted by Gasteiger charge is -2.00. The Kier molecular flexibility index (Phi) is 3.80. The van der Waals surface area contributed by atoms with Gasteiger partial charge in [-0.25, -0.2) is 0 Å². The van der Waals surface area contributed by atoms with E-state index in [4.69, 9.17) is 11.6 Å². The lowest BCUT2D eigenvalue weighted by molar-refractivity contribution is 0.104. The van der Waals surface area contributed by atoms with Crippen LogP contribution in [-0.2, 0) is 0 Å². The monoisotopic (exact) mass is 258 g/mol. The van der Waals surface area contributed by atoms with E-state index in [1.807, 2.05) is 30.3 Å². The third-order valence-corrected chi connectivity index (χ3v) is 2.69. The Balaban J connectivity index is 2.20. The van der Waals surface area contributed by atoms with Crippen LogP contribution in [0, 0.1) is 0 Å². The molecule has 0 aliphatic heterocycles. The van der Waals surface area contributed by atoms with Crippen molar-refractivity contribution >= 4 is 23.5 Å². The lowest BCUT2D eigenvalue weighted by atomic mass is 10.1. The van der Waals surface area contributed by atoms with Crippen LogP contribution in [0.3, 0.4) is 0 Å². The zero-order valence-electron chi connectivity index (χ0n) is 9.51. The van der Waals surface area contributed by atoms with Gasteiger partial charge in [-0.05, 0) is 29.8 Å². The zero-order chi connectivity index (χ0) is 13.0. The first-order valence-electron chi connectivity index (χ1n) is 5.43. The van der Waals surface area contributed by atoms with Gasteiger partial charge >= 0.3 is 0 Å². The van der Waals surface area contributed by atoms with Gasteiger partial charge in [0.15, 0.2) is 5.78 Å². The summed E-state index contributed by atoms with van der Waals surface area (Å²) in [4.78, 5) is 11.9. The topological polar surface area (TPSA) is 37.3 Å². The summed E-state index contributed by atoms with van der Waals surface area (Å²) in [7, 11) is 0. The minimum Gasteiger partial charge on any atom is -0.507 e. The number of hydrogen-bond donors (Lipinski definition) is 1. The van der Waals surface area contributed by atoms with E-state index >= 15 is 0 Å². The van der Waals surface area contributed by atoms with Gasteiger partial charge in [-0.15, -0.1) is 0 Å². The van der Waals surface area contributed by atoms with Crippen LogP contribution in [0.25, 0.3) is 6.08 Å². The fourth-order valence-electron chi connectivity index (χ4n) is 1.54. The quantitative estimate of drug-likeness (QED) is 0.669. The van der Waals surface area contributed by atoms with E-state index in [0.29, 0.717) is 5.02 Å². The summed E-state index contributed by atoms with van der Waals surface area (Å²) in [5.41, 5.74) is 1.17. The summed E-state index contributed by atoms with van der Waals surface area (Å²) in [6, 6.07) is 13.9. The molecule has 3 heteroatoms. The average molecular weight is 259 g/mol. The Bertz CT molecular complexity index is 589. The molecule has 0 atom stereocenters. The molecule has 0 saturated carbocycles. The molecule has 0 aromatic heterocycles. The van der Waals surface area contributed by atoms with Gasteiger partial charge in [0.2, 0.25) is 0 Å². The van der Waals surface area contributed by atoms with Crippen LogP contribution >= 0.6 is 11.6 Å². The van der Waals surface area contributed by atoms with Crippen molar-refractivity contribution in [2.45, 2.75) is 0 Å². The third-order valence-electron chi connectivity index (χ3n) is 2.45. The second kappa shape index (κ2) is 5.52.